The molecule has 0 N–H and O–H groups in total. The fourth-order valence-electron chi connectivity index (χ4n) is 2.02. The Morgan fingerprint density at radius 3 is 2.53 bits per heavy atom. The number of rotatable bonds is 3. The Balaban J connectivity index is 1.96. The monoisotopic (exact) mass is 287 g/mol. The first kappa shape index (κ1) is 12.4. The Morgan fingerprint density at radius 1 is 1.11 bits per heavy atom. The number of benzene rings is 2. The number of ether oxygens (including phenoxy) is 1. The molecular weight excluding hydrogens is 274 g/mol. The van der Waals surface area contributed by atoms with Crippen LogP contribution in [0, 0.1) is 4.64 Å². The van der Waals surface area contributed by atoms with Crippen molar-refractivity contribution >= 4 is 33.8 Å². The number of aromatic nitrogens is 1. The van der Waals surface area contributed by atoms with Gasteiger partial charge in [-0.15, -0.1) is 0 Å². The van der Waals surface area contributed by atoms with Gasteiger partial charge in [-0.25, -0.2) is 0 Å². The SMILES string of the molecule is COc1ccc(Cn2sc3ccccc3c2=S)cc1. The van der Waals surface area contributed by atoms with Crippen molar-refractivity contribution < 1.29 is 4.74 Å². The Kier molecular flexibility index (Phi) is 3.36. The molecule has 0 amide bonds. The van der Waals surface area contributed by atoms with Crippen LogP contribution in [0.5, 0.6) is 5.75 Å². The minimum absolute atomic E-state index is 0.808. The van der Waals surface area contributed by atoms with Crippen LogP contribution in [-0.2, 0) is 6.54 Å². The van der Waals surface area contributed by atoms with E-state index >= 15 is 0 Å². The highest BCUT2D eigenvalue weighted by molar-refractivity contribution is 7.71. The van der Waals surface area contributed by atoms with E-state index in [9.17, 15) is 0 Å². The largest absolute Gasteiger partial charge is 0.497 e. The van der Waals surface area contributed by atoms with E-state index in [1.165, 1.54) is 10.3 Å². The lowest BCUT2D eigenvalue weighted by molar-refractivity contribution is 0.414. The van der Waals surface area contributed by atoms with Gasteiger partial charge in [-0.1, -0.05) is 54.1 Å². The molecule has 19 heavy (non-hydrogen) atoms. The number of hydrogen-bond acceptors (Lipinski definition) is 3. The van der Waals surface area contributed by atoms with Crippen LogP contribution in [-0.4, -0.2) is 11.1 Å². The maximum atomic E-state index is 5.52. The zero-order chi connectivity index (χ0) is 13.2. The molecule has 0 bridgehead atoms. The summed E-state index contributed by atoms with van der Waals surface area (Å²) in [6, 6.07) is 16.4. The number of nitrogens with zero attached hydrogens (tertiary/aromatic N) is 1. The first-order chi connectivity index (χ1) is 9.28. The Bertz CT molecular complexity index is 756. The third-order valence-electron chi connectivity index (χ3n) is 3.04. The molecule has 2 nitrogen and oxygen atoms in total. The van der Waals surface area contributed by atoms with Crippen molar-refractivity contribution in [3.05, 3.63) is 58.7 Å². The van der Waals surface area contributed by atoms with Crippen molar-refractivity contribution in [2.75, 3.05) is 7.11 Å². The molecule has 96 valence electrons. The second kappa shape index (κ2) is 5.15. The van der Waals surface area contributed by atoms with Gasteiger partial charge in [0, 0.05) is 5.39 Å². The van der Waals surface area contributed by atoms with Crippen LogP contribution >= 0.6 is 23.8 Å². The molecular formula is C15H13NOS2. The third kappa shape index (κ3) is 2.41. The lowest BCUT2D eigenvalue weighted by atomic mass is 10.2. The van der Waals surface area contributed by atoms with Gasteiger partial charge in [-0.3, -0.25) is 3.96 Å². The summed E-state index contributed by atoms with van der Waals surface area (Å²) in [4.78, 5) is 0. The fraction of sp³-hybridized carbons (Fsp3) is 0.133. The zero-order valence-electron chi connectivity index (χ0n) is 10.5. The van der Waals surface area contributed by atoms with Crippen LogP contribution in [0.4, 0.5) is 0 Å². The molecule has 0 saturated heterocycles. The summed E-state index contributed by atoms with van der Waals surface area (Å²) < 4.78 is 9.47. The summed E-state index contributed by atoms with van der Waals surface area (Å²) in [5.41, 5.74) is 1.23. The van der Waals surface area contributed by atoms with E-state index in [2.05, 4.69) is 28.2 Å². The summed E-state index contributed by atoms with van der Waals surface area (Å²) in [5.74, 6) is 0.878. The Hall–Kier alpha value is -1.65. The van der Waals surface area contributed by atoms with Crippen LogP contribution in [0.15, 0.2) is 48.5 Å². The maximum Gasteiger partial charge on any atom is 0.124 e. The van der Waals surface area contributed by atoms with E-state index in [4.69, 9.17) is 17.0 Å². The van der Waals surface area contributed by atoms with E-state index in [-0.39, 0.29) is 0 Å². The zero-order valence-corrected chi connectivity index (χ0v) is 12.1. The van der Waals surface area contributed by atoms with Crippen molar-refractivity contribution in [3.8, 4) is 5.75 Å². The molecule has 1 heterocycles. The minimum atomic E-state index is 0.808. The quantitative estimate of drug-likeness (QED) is 0.659. The van der Waals surface area contributed by atoms with Crippen molar-refractivity contribution in [3.63, 3.8) is 0 Å². The molecule has 0 spiro atoms. The molecule has 0 radical (unpaired) electrons. The number of methoxy groups -OCH3 is 1. The van der Waals surface area contributed by atoms with Gasteiger partial charge in [0.1, 0.15) is 10.4 Å². The summed E-state index contributed by atoms with van der Waals surface area (Å²) in [5, 5.41) is 1.16. The van der Waals surface area contributed by atoms with E-state index < -0.39 is 0 Å². The van der Waals surface area contributed by atoms with Gasteiger partial charge in [0.2, 0.25) is 0 Å². The second-order valence-corrected chi connectivity index (χ2v) is 5.73. The molecule has 3 rings (SSSR count). The van der Waals surface area contributed by atoms with Gasteiger partial charge in [-0.2, -0.15) is 0 Å². The van der Waals surface area contributed by atoms with Crippen molar-refractivity contribution in [1.82, 2.24) is 3.96 Å². The Labute approximate surface area is 121 Å². The van der Waals surface area contributed by atoms with E-state index in [1.807, 2.05) is 24.3 Å². The average molecular weight is 287 g/mol. The van der Waals surface area contributed by atoms with Crippen LogP contribution in [0.3, 0.4) is 0 Å². The van der Waals surface area contributed by atoms with Gasteiger partial charge in [-0.05, 0) is 23.8 Å². The highest BCUT2D eigenvalue weighted by Gasteiger charge is 2.04. The third-order valence-corrected chi connectivity index (χ3v) is 4.68. The van der Waals surface area contributed by atoms with Crippen LogP contribution in [0.2, 0.25) is 0 Å². The lowest BCUT2D eigenvalue weighted by Gasteiger charge is -2.04. The standard InChI is InChI=1S/C15H13NOS2/c1-17-12-8-6-11(7-9-12)10-16-15(18)13-4-2-3-5-14(13)19-16/h2-9H,10H2,1H3. The molecule has 0 saturated carbocycles. The van der Waals surface area contributed by atoms with Crippen LogP contribution < -0.4 is 4.74 Å². The highest BCUT2D eigenvalue weighted by Crippen LogP contribution is 2.24. The number of fused-ring (bicyclic) bond motifs is 1. The normalized spacial score (nSPS) is 10.8. The molecule has 0 atom stereocenters. The van der Waals surface area contributed by atoms with Crippen molar-refractivity contribution in [1.29, 1.82) is 0 Å². The van der Waals surface area contributed by atoms with E-state index in [0.29, 0.717) is 0 Å². The minimum Gasteiger partial charge on any atom is -0.497 e. The van der Waals surface area contributed by atoms with Gasteiger partial charge < -0.3 is 4.74 Å². The van der Waals surface area contributed by atoms with Crippen LogP contribution in [0.25, 0.3) is 10.1 Å². The molecule has 0 aliphatic rings. The predicted octanol–water partition coefficient (Wildman–Crippen LogP) is 4.49. The summed E-state index contributed by atoms with van der Waals surface area (Å²) in [7, 11) is 1.68. The molecule has 0 aliphatic carbocycles. The molecule has 1 aromatic heterocycles. The highest BCUT2D eigenvalue weighted by atomic mass is 32.1. The van der Waals surface area contributed by atoms with Gasteiger partial charge in [0.05, 0.1) is 18.4 Å². The lowest BCUT2D eigenvalue weighted by Crippen LogP contribution is -1.95. The molecule has 0 aliphatic heterocycles. The molecule has 0 fully saturated rings. The van der Waals surface area contributed by atoms with Crippen molar-refractivity contribution in [2.24, 2.45) is 0 Å². The van der Waals surface area contributed by atoms with Gasteiger partial charge >= 0.3 is 0 Å². The average Bonchev–Trinajstić information content (AvgIpc) is 2.77. The first-order valence-electron chi connectivity index (χ1n) is 6.00. The van der Waals surface area contributed by atoms with E-state index in [1.54, 1.807) is 18.6 Å². The predicted molar refractivity (Wildman–Crippen MR) is 82.7 cm³/mol. The molecule has 2 aromatic carbocycles. The Morgan fingerprint density at radius 2 is 1.84 bits per heavy atom. The van der Waals surface area contributed by atoms with Gasteiger partial charge in [0.15, 0.2) is 0 Å². The van der Waals surface area contributed by atoms with E-state index in [0.717, 1.165) is 22.3 Å². The summed E-state index contributed by atoms with van der Waals surface area (Å²) in [6.07, 6.45) is 0. The fourth-order valence-corrected chi connectivity index (χ4v) is 3.47. The molecule has 4 heteroatoms. The number of hydrogen-bond donors (Lipinski definition) is 0. The maximum absolute atomic E-state index is 5.52. The summed E-state index contributed by atoms with van der Waals surface area (Å²) in [6.45, 7) is 0.808. The molecule has 0 unspecified atom stereocenters. The summed E-state index contributed by atoms with van der Waals surface area (Å²) >= 11 is 7.23. The second-order valence-electron chi connectivity index (χ2n) is 4.28. The van der Waals surface area contributed by atoms with Crippen LogP contribution in [0.1, 0.15) is 5.56 Å². The topological polar surface area (TPSA) is 14.2 Å². The smallest absolute Gasteiger partial charge is 0.124 e. The molecule has 3 aromatic rings. The first-order valence-corrected chi connectivity index (χ1v) is 7.18. The van der Waals surface area contributed by atoms with Crippen molar-refractivity contribution in [2.45, 2.75) is 6.54 Å². The van der Waals surface area contributed by atoms with Gasteiger partial charge in [0.25, 0.3) is 0 Å².